The Labute approximate surface area is 117 Å². The number of hydrogen-bond donors (Lipinski definition) is 2. The van der Waals surface area contributed by atoms with Gasteiger partial charge in [-0.25, -0.2) is 8.42 Å². The van der Waals surface area contributed by atoms with E-state index in [4.69, 9.17) is 11.0 Å². The van der Waals surface area contributed by atoms with Crippen LogP contribution < -0.4 is 10.5 Å². The first-order valence-corrected chi connectivity index (χ1v) is 7.30. The Morgan fingerprint density at radius 1 is 1.20 bits per heavy atom. The number of hydrogen-bond acceptors (Lipinski definition) is 4. The van der Waals surface area contributed by atoms with Gasteiger partial charge in [-0.05, 0) is 42.8 Å². The summed E-state index contributed by atoms with van der Waals surface area (Å²) in [6.07, 6.45) is 0. The molecule has 0 aliphatic heterocycles. The molecule has 102 valence electrons. The Morgan fingerprint density at radius 2 is 1.90 bits per heavy atom. The van der Waals surface area contributed by atoms with E-state index >= 15 is 0 Å². The summed E-state index contributed by atoms with van der Waals surface area (Å²) < 4.78 is 27.0. The van der Waals surface area contributed by atoms with Gasteiger partial charge in [-0.3, -0.25) is 4.72 Å². The van der Waals surface area contributed by atoms with E-state index in [9.17, 15) is 8.42 Å². The van der Waals surface area contributed by atoms with Crippen molar-refractivity contribution < 1.29 is 8.42 Å². The zero-order valence-corrected chi connectivity index (χ0v) is 11.6. The van der Waals surface area contributed by atoms with Gasteiger partial charge in [-0.2, -0.15) is 5.26 Å². The summed E-state index contributed by atoms with van der Waals surface area (Å²) >= 11 is 0. The van der Waals surface area contributed by atoms with Crippen LogP contribution in [-0.2, 0) is 10.0 Å². The Bertz CT molecular complexity index is 792. The maximum absolute atomic E-state index is 12.3. The Kier molecular flexibility index (Phi) is 3.63. The van der Waals surface area contributed by atoms with Crippen LogP contribution in [0.3, 0.4) is 0 Å². The number of nitrogen functional groups attached to an aromatic ring is 1. The number of aryl methyl sites for hydroxylation is 1. The highest BCUT2D eigenvalue weighted by molar-refractivity contribution is 7.92. The first kappa shape index (κ1) is 13.9. The molecule has 0 radical (unpaired) electrons. The summed E-state index contributed by atoms with van der Waals surface area (Å²) in [6, 6.07) is 12.8. The van der Waals surface area contributed by atoms with Crippen LogP contribution in [-0.4, -0.2) is 8.42 Å². The molecule has 0 atom stereocenters. The van der Waals surface area contributed by atoms with Crippen LogP contribution in [0.15, 0.2) is 47.4 Å². The van der Waals surface area contributed by atoms with Crippen LogP contribution in [0, 0.1) is 18.3 Å². The molecule has 0 spiro atoms. The minimum Gasteiger partial charge on any atom is -0.399 e. The maximum Gasteiger partial charge on any atom is 0.263 e. The monoisotopic (exact) mass is 287 g/mol. The second kappa shape index (κ2) is 5.23. The second-order valence-electron chi connectivity index (χ2n) is 4.28. The van der Waals surface area contributed by atoms with Gasteiger partial charge in [0.05, 0.1) is 5.56 Å². The third-order valence-electron chi connectivity index (χ3n) is 2.82. The fourth-order valence-corrected chi connectivity index (χ4v) is 2.95. The molecule has 0 unspecified atom stereocenters. The predicted octanol–water partition coefficient (Wildman–Crippen LogP) is 2.25. The van der Waals surface area contributed by atoms with Crippen molar-refractivity contribution in [3.05, 3.63) is 53.6 Å². The van der Waals surface area contributed by atoms with E-state index in [-0.39, 0.29) is 10.5 Å². The Morgan fingerprint density at radius 3 is 2.55 bits per heavy atom. The van der Waals surface area contributed by atoms with Crippen molar-refractivity contribution in [2.45, 2.75) is 11.8 Å². The van der Waals surface area contributed by atoms with Crippen LogP contribution in [0.5, 0.6) is 0 Å². The molecule has 0 saturated carbocycles. The quantitative estimate of drug-likeness (QED) is 0.846. The van der Waals surface area contributed by atoms with Crippen molar-refractivity contribution in [1.29, 1.82) is 5.26 Å². The summed E-state index contributed by atoms with van der Waals surface area (Å²) in [4.78, 5) is -0.0445. The normalized spacial score (nSPS) is 10.8. The average Bonchev–Trinajstić information content (AvgIpc) is 2.42. The van der Waals surface area contributed by atoms with Gasteiger partial charge in [0.15, 0.2) is 0 Å². The lowest BCUT2D eigenvalue weighted by atomic mass is 10.2. The molecule has 0 saturated heterocycles. The molecule has 0 aliphatic rings. The third-order valence-corrected chi connectivity index (χ3v) is 4.26. The molecular weight excluding hydrogens is 274 g/mol. The summed E-state index contributed by atoms with van der Waals surface area (Å²) in [5, 5.41) is 8.97. The number of benzene rings is 2. The van der Waals surface area contributed by atoms with E-state index in [1.54, 1.807) is 37.3 Å². The largest absolute Gasteiger partial charge is 0.399 e. The number of nitriles is 1. The van der Waals surface area contributed by atoms with Crippen molar-refractivity contribution in [1.82, 2.24) is 0 Å². The molecule has 3 N–H and O–H groups in total. The number of nitrogens with two attached hydrogens (primary N) is 1. The minimum absolute atomic E-state index is 0.0445. The molecule has 6 heteroatoms. The highest BCUT2D eigenvalue weighted by Gasteiger charge is 2.18. The zero-order valence-electron chi connectivity index (χ0n) is 10.8. The Hall–Kier alpha value is -2.52. The lowest BCUT2D eigenvalue weighted by molar-refractivity contribution is 0.601. The molecule has 5 nitrogen and oxygen atoms in total. The zero-order chi connectivity index (χ0) is 14.8. The van der Waals surface area contributed by atoms with Crippen LogP contribution in [0.1, 0.15) is 11.1 Å². The van der Waals surface area contributed by atoms with Crippen molar-refractivity contribution in [2.24, 2.45) is 0 Å². The number of anilines is 2. The van der Waals surface area contributed by atoms with Crippen molar-refractivity contribution in [2.75, 3.05) is 10.5 Å². The van der Waals surface area contributed by atoms with Gasteiger partial charge in [-0.1, -0.05) is 12.1 Å². The molecular formula is C14H13N3O2S. The molecule has 0 fully saturated rings. The standard InChI is InChI=1S/C14H13N3O2S/c1-10-8-12(6-7-13(10)16)17-20(18,19)14-5-3-2-4-11(14)9-15/h2-8,17H,16H2,1H3. The van der Waals surface area contributed by atoms with E-state index in [0.29, 0.717) is 11.4 Å². The molecule has 0 aliphatic carbocycles. The number of nitrogens with one attached hydrogen (secondary N) is 1. The fraction of sp³-hybridized carbons (Fsp3) is 0.0714. The summed E-state index contributed by atoms with van der Waals surface area (Å²) in [5.41, 5.74) is 7.56. The van der Waals surface area contributed by atoms with Gasteiger partial charge in [0.2, 0.25) is 0 Å². The first-order chi connectivity index (χ1) is 9.44. The predicted molar refractivity (Wildman–Crippen MR) is 77.6 cm³/mol. The van der Waals surface area contributed by atoms with Gasteiger partial charge < -0.3 is 5.73 Å². The topological polar surface area (TPSA) is 96.0 Å². The third kappa shape index (κ3) is 2.73. The smallest absolute Gasteiger partial charge is 0.263 e. The van der Waals surface area contributed by atoms with Crippen LogP contribution >= 0.6 is 0 Å². The molecule has 0 heterocycles. The minimum atomic E-state index is -3.80. The lowest BCUT2D eigenvalue weighted by Crippen LogP contribution is -2.14. The van der Waals surface area contributed by atoms with Gasteiger partial charge in [0.25, 0.3) is 10.0 Å². The molecule has 0 aromatic heterocycles. The van der Waals surface area contributed by atoms with Crippen molar-refractivity contribution in [3.63, 3.8) is 0 Å². The first-order valence-electron chi connectivity index (χ1n) is 5.82. The molecule has 2 rings (SSSR count). The van der Waals surface area contributed by atoms with Gasteiger partial charge in [-0.15, -0.1) is 0 Å². The van der Waals surface area contributed by atoms with E-state index in [2.05, 4.69) is 4.72 Å². The number of rotatable bonds is 3. The maximum atomic E-state index is 12.3. The summed E-state index contributed by atoms with van der Waals surface area (Å²) in [7, 11) is -3.80. The van der Waals surface area contributed by atoms with Gasteiger partial charge in [0.1, 0.15) is 11.0 Å². The summed E-state index contributed by atoms with van der Waals surface area (Å²) in [5.74, 6) is 0. The highest BCUT2D eigenvalue weighted by atomic mass is 32.2. The van der Waals surface area contributed by atoms with E-state index in [1.807, 2.05) is 6.07 Å². The highest BCUT2D eigenvalue weighted by Crippen LogP contribution is 2.21. The molecule has 0 bridgehead atoms. The average molecular weight is 287 g/mol. The van der Waals surface area contributed by atoms with E-state index in [0.717, 1.165) is 5.56 Å². The van der Waals surface area contributed by atoms with Gasteiger partial charge >= 0.3 is 0 Å². The Balaban J connectivity index is 2.41. The summed E-state index contributed by atoms with van der Waals surface area (Å²) in [6.45, 7) is 1.79. The molecule has 2 aromatic rings. The van der Waals surface area contributed by atoms with Crippen LogP contribution in [0.4, 0.5) is 11.4 Å². The van der Waals surface area contributed by atoms with Crippen molar-refractivity contribution >= 4 is 21.4 Å². The molecule has 20 heavy (non-hydrogen) atoms. The second-order valence-corrected chi connectivity index (χ2v) is 5.94. The number of nitrogens with zero attached hydrogens (tertiary/aromatic N) is 1. The van der Waals surface area contributed by atoms with Crippen molar-refractivity contribution in [3.8, 4) is 6.07 Å². The fourth-order valence-electron chi connectivity index (χ4n) is 1.74. The molecule has 0 amide bonds. The SMILES string of the molecule is Cc1cc(NS(=O)(=O)c2ccccc2C#N)ccc1N. The van der Waals surface area contributed by atoms with E-state index in [1.165, 1.54) is 12.1 Å². The van der Waals surface area contributed by atoms with Crippen LogP contribution in [0.25, 0.3) is 0 Å². The number of sulfonamides is 1. The van der Waals surface area contributed by atoms with Crippen LogP contribution in [0.2, 0.25) is 0 Å². The van der Waals surface area contributed by atoms with Gasteiger partial charge in [0, 0.05) is 11.4 Å². The lowest BCUT2D eigenvalue weighted by Gasteiger charge is -2.10. The van der Waals surface area contributed by atoms with E-state index < -0.39 is 10.0 Å². The molecule has 2 aromatic carbocycles.